The third-order valence-corrected chi connectivity index (χ3v) is 3.24. The third-order valence-electron chi connectivity index (χ3n) is 3.24. The van der Waals surface area contributed by atoms with E-state index in [1.54, 1.807) is 6.20 Å². The molecule has 0 fully saturated rings. The van der Waals surface area contributed by atoms with Crippen LogP contribution in [0.15, 0.2) is 23.5 Å². The van der Waals surface area contributed by atoms with E-state index in [4.69, 9.17) is 10.9 Å². The number of aromatic nitrogens is 1. The van der Waals surface area contributed by atoms with Crippen LogP contribution in [0.25, 0.3) is 0 Å². The van der Waals surface area contributed by atoms with Crippen LogP contribution in [0.4, 0.5) is 0 Å². The van der Waals surface area contributed by atoms with Crippen LogP contribution < -0.4 is 5.73 Å². The van der Waals surface area contributed by atoms with Crippen molar-refractivity contribution in [1.29, 1.82) is 0 Å². The molecule has 0 saturated heterocycles. The minimum atomic E-state index is 0.0609. The Hall–Kier alpha value is -1.62. The molecule has 1 heterocycles. The maximum absolute atomic E-state index is 8.77. The zero-order valence-electron chi connectivity index (χ0n) is 11.3. The average Bonchev–Trinajstić information content (AvgIpc) is 2.43. The Kier molecular flexibility index (Phi) is 5.58. The molecule has 0 bridgehead atoms. The van der Waals surface area contributed by atoms with E-state index < -0.39 is 0 Å². The zero-order chi connectivity index (χ0) is 13.5. The lowest BCUT2D eigenvalue weighted by molar-refractivity contribution is 0.205. The Morgan fingerprint density at radius 2 is 2.28 bits per heavy atom. The largest absolute Gasteiger partial charge is 0.409 e. The van der Waals surface area contributed by atoms with Crippen molar-refractivity contribution < 1.29 is 5.21 Å². The predicted molar refractivity (Wildman–Crippen MR) is 72.6 cm³/mol. The number of oxime groups is 1. The molecule has 0 aliphatic heterocycles. The van der Waals surface area contributed by atoms with Crippen molar-refractivity contribution in [3.8, 4) is 0 Å². The second-order valence-electron chi connectivity index (χ2n) is 4.32. The van der Waals surface area contributed by atoms with E-state index in [0.29, 0.717) is 11.7 Å². The van der Waals surface area contributed by atoms with Crippen molar-refractivity contribution >= 4 is 5.84 Å². The fraction of sp³-hybridized carbons (Fsp3) is 0.538. The molecule has 0 amide bonds. The molecule has 1 aromatic heterocycles. The highest BCUT2D eigenvalue weighted by molar-refractivity contribution is 5.96. The predicted octanol–water partition coefficient (Wildman–Crippen LogP) is 1.80. The molecule has 100 valence electrons. The zero-order valence-corrected chi connectivity index (χ0v) is 11.3. The fourth-order valence-corrected chi connectivity index (χ4v) is 1.90. The van der Waals surface area contributed by atoms with Gasteiger partial charge in [-0.1, -0.05) is 25.1 Å². The van der Waals surface area contributed by atoms with Gasteiger partial charge in [0.25, 0.3) is 0 Å². The minimum Gasteiger partial charge on any atom is -0.409 e. The van der Waals surface area contributed by atoms with Crippen molar-refractivity contribution in [2.75, 3.05) is 6.54 Å². The topological polar surface area (TPSA) is 74.7 Å². The van der Waals surface area contributed by atoms with Crippen molar-refractivity contribution in [2.24, 2.45) is 10.9 Å². The highest BCUT2D eigenvalue weighted by Gasteiger charge is 2.14. The van der Waals surface area contributed by atoms with Crippen LogP contribution in [0, 0.1) is 0 Å². The maximum Gasteiger partial charge on any atom is 0.189 e. The molecule has 0 aliphatic rings. The van der Waals surface area contributed by atoms with Gasteiger partial charge in [-0.25, -0.2) is 0 Å². The van der Waals surface area contributed by atoms with E-state index in [1.807, 2.05) is 12.1 Å². The molecule has 0 saturated carbocycles. The number of amidine groups is 1. The van der Waals surface area contributed by atoms with Gasteiger partial charge >= 0.3 is 0 Å². The summed E-state index contributed by atoms with van der Waals surface area (Å²) in [4.78, 5) is 6.52. The quantitative estimate of drug-likeness (QED) is 0.349. The van der Waals surface area contributed by atoms with E-state index in [9.17, 15) is 0 Å². The summed E-state index contributed by atoms with van der Waals surface area (Å²) >= 11 is 0. The molecule has 0 aliphatic carbocycles. The van der Waals surface area contributed by atoms with E-state index >= 15 is 0 Å². The van der Waals surface area contributed by atoms with E-state index in [2.05, 4.69) is 35.8 Å². The number of rotatable bonds is 6. The van der Waals surface area contributed by atoms with Crippen molar-refractivity contribution in [1.82, 2.24) is 9.88 Å². The van der Waals surface area contributed by atoms with Gasteiger partial charge in [0.15, 0.2) is 5.84 Å². The number of hydrogen-bond donors (Lipinski definition) is 2. The number of hydrogen-bond acceptors (Lipinski definition) is 4. The second kappa shape index (κ2) is 6.96. The minimum absolute atomic E-state index is 0.0609. The Bertz CT molecular complexity index is 406. The summed E-state index contributed by atoms with van der Waals surface area (Å²) in [6.07, 6.45) is 2.74. The highest BCUT2D eigenvalue weighted by atomic mass is 16.4. The van der Waals surface area contributed by atoms with Gasteiger partial charge in [-0.15, -0.1) is 0 Å². The van der Waals surface area contributed by atoms with Crippen LogP contribution in [0.2, 0.25) is 0 Å². The van der Waals surface area contributed by atoms with E-state index in [0.717, 1.165) is 25.1 Å². The van der Waals surface area contributed by atoms with Gasteiger partial charge in [-0.05, 0) is 31.5 Å². The average molecular weight is 250 g/mol. The first-order chi connectivity index (χ1) is 8.63. The summed E-state index contributed by atoms with van der Waals surface area (Å²) in [5, 5.41) is 11.8. The molecule has 1 unspecified atom stereocenters. The van der Waals surface area contributed by atoms with Crippen LogP contribution in [0.5, 0.6) is 0 Å². The second-order valence-corrected chi connectivity index (χ2v) is 4.32. The van der Waals surface area contributed by atoms with E-state index in [-0.39, 0.29) is 5.84 Å². The van der Waals surface area contributed by atoms with Gasteiger partial charge < -0.3 is 10.9 Å². The van der Waals surface area contributed by atoms with E-state index in [1.165, 1.54) is 0 Å². The molecule has 0 aromatic carbocycles. The Labute approximate surface area is 108 Å². The molecule has 5 nitrogen and oxygen atoms in total. The van der Waals surface area contributed by atoms with Gasteiger partial charge in [-0.3, -0.25) is 9.88 Å². The number of pyridine rings is 1. The smallest absolute Gasteiger partial charge is 0.189 e. The first-order valence-corrected chi connectivity index (χ1v) is 6.29. The van der Waals surface area contributed by atoms with Crippen LogP contribution >= 0.6 is 0 Å². The summed E-state index contributed by atoms with van der Waals surface area (Å²) in [7, 11) is 0. The van der Waals surface area contributed by atoms with Gasteiger partial charge in [0, 0.05) is 18.8 Å². The molecular weight excluding hydrogens is 228 g/mol. The van der Waals surface area contributed by atoms with Gasteiger partial charge in [0.1, 0.15) is 5.69 Å². The lowest BCUT2D eigenvalue weighted by Crippen LogP contribution is -2.33. The van der Waals surface area contributed by atoms with Crippen molar-refractivity contribution in [2.45, 2.75) is 39.8 Å². The highest BCUT2D eigenvalue weighted by Crippen LogP contribution is 2.12. The summed E-state index contributed by atoms with van der Waals surface area (Å²) in [6, 6.07) is 4.33. The SMILES string of the molecule is CCC(C)N(CC)Cc1cccnc1/C(N)=N/O. The summed E-state index contributed by atoms with van der Waals surface area (Å²) in [6.45, 7) is 8.21. The summed E-state index contributed by atoms with van der Waals surface area (Å²) in [5.74, 6) is 0.0609. The molecule has 0 radical (unpaired) electrons. The van der Waals surface area contributed by atoms with Crippen LogP contribution in [-0.4, -0.2) is 33.5 Å². The Morgan fingerprint density at radius 3 is 2.83 bits per heavy atom. The van der Waals surface area contributed by atoms with Crippen molar-refractivity contribution in [3.05, 3.63) is 29.6 Å². The number of nitrogens with two attached hydrogens (primary N) is 1. The molecule has 1 atom stereocenters. The standard InChI is InChI=1S/C13H22N4O/c1-4-10(3)17(5-2)9-11-7-6-8-15-12(11)13(14)16-18/h6-8,10,18H,4-5,9H2,1-3H3,(H2,14,16). The van der Waals surface area contributed by atoms with Gasteiger partial charge in [0.05, 0.1) is 0 Å². The molecule has 1 rings (SSSR count). The normalized spacial score (nSPS) is 13.9. The van der Waals surface area contributed by atoms with Crippen molar-refractivity contribution in [3.63, 3.8) is 0 Å². The van der Waals surface area contributed by atoms with Crippen LogP contribution in [0.3, 0.4) is 0 Å². The molecular formula is C13H22N4O. The summed E-state index contributed by atoms with van der Waals surface area (Å²) < 4.78 is 0. The Balaban J connectivity index is 2.96. The van der Waals surface area contributed by atoms with Gasteiger partial charge in [0.2, 0.25) is 0 Å². The van der Waals surface area contributed by atoms with Crippen LogP contribution in [-0.2, 0) is 6.54 Å². The first kappa shape index (κ1) is 14.4. The lowest BCUT2D eigenvalue weighted by Gasteiger charge is -2.27. The summed E-state index contributed by atoms with van der Waals surface area (Å²) in [5.41, 5.74) is 7.18. The molecule has 1 aromatic rings. The van der Waals surface area contributed by atoms with Crippen LogP contribution in [0.1, 0.15) is 38.4 Å². The monoisotopic (exact) mass is 250 g/mol. The molecule has 3 N–H and O–H groups in total. The molecule has 0 spiro atoms. The van der Waals surface area contributed by atoms with Gasteiger partial charge in [-0.2, -0.15) is 0 Å². The third kappa shape index (κ3) is 3.43. The molecule has 18 heavy (non-hydrogen) atoms. The Morgan fingerprint density at radius 1 is 1.56 bits per heavy atom. The first-order valence-electron chi connectivity index (χ1n) is 6.29. The molecule has 5 heteroatoms. The fourth-order valence-electron chi connectivity index (χ4n) is 1.90. The maximum atomic E-state index is 8.77. The number of nitrogens with zero attached hydrogens (tertiary/aromatic N) is 3. The lowest BCUT2D eigenvalue weighted by atomic mass is 10.1.